The summed E-state index contributed by atoms with van der Waals surface area (Å²) in [5.41, 5.74) is 1.26. The molecule has 0 saturated carbocycles. The van der Waals surface area contributed by atoms with Gasteiger partial charge in [-0.2, -0.15) is 0 Å². The fourth-order valence-electron chi connectivity index (χ4n) is 4.40. The molecule has 28 heavy (non-hydrogen) atoms. The number of nitrogens with zero attached hydrogens (tertiary/aromatic N) is 2. The lowest BCUT2D eigenvalue weighted by Gasteiger charge is -2.42. The van der Waals surface area contributed by atoms with Gasteiger partial charge in [0.2, 0.25) is 11.8 Å². The Balaban J connectivity index is 1.42. The highest BCUT2D eigenvalue weighted by atomic mass is 16.2. The molecule has 2 amide bonds. The lowest BCUT2D eigenvalue weighted by Crippen LogP contribution is -2.51. The Morgan fingerprint density at radius 2 is 1.86 bits per heavy atom. The summed E-state index contributed by atoms with van der Waals surface area (Å²) in [4.78, 5) is 29.1. The van der Waals surface area contributed by atoms with E-state index in [1.807, 2.05) is 23.1 Å². The highest BCUT2D eigenvalue weighted by Crippen LogP contribution is 2.24. The zero-order valence-corrected chi connectivity index (χ0v) is 16.8. The fourth-order valence-corrected chi connectivity index (χ4v) is 4.40. The van der Waals surface area contributed by atoms with Crippen molar-refractivity contribution in [1.82, 2.24) is 15.1 Å². The maximum absolute atomic E-state index is 12.6. The molecule has 5 nitrogen and oxygen atoms in total. The van der Waals surface area contributed by atoms with E-state index in [2.05, 4.69) is 28.9 Å². The maximum atomic E-state index is 12.6. The molecular weight excluding hydrogens is 350 g/mol. The molecule has 2 aliphatic heterocycles. The van der Waals surface area contributed by atoms with Crippen LogP contribution in [0.2, 0.25) is 0 Å². The molecule has 3 rings (SSSR count). The van der Waals surface area contributed by atoms with Gasteiger partial charge in [-0.25, -0.2) is 0 Å². The summed E-state index contributed by atoms with van der Waals surface area (Å²) >= 11 is 0. The van der Waals surface area contributed by atoms with Crippen molar-refractivity contribution in [3.05, 3.63) is 48.6 Å². The Hall–Kier alpha value is -2.14. The number of amides is 2. The summed E-state index contributed by atoms with van der Waals surface area (Å²) in [6.07, 6.45) is 7.05. The van der Waals surface area contributed by atoms with Gasteiger partial charge in [0.05, 0.1) is 5.92 Å². The number of carbonyl (C=O) groups is 2. The highest BCUT2D eigenvalue weighted by Gasteiger charge is 2.32. The summed E-state index contributed by atoms with van der Waals surface area (Å²) < 4.78 is 0. The van der Waals surface area contributed by atoms with Gasteiger partial charge in [0.25, 0.3) is 0 Å². The molecule has 1 N–H and O–H groups in total. The van der Waals surface area contributed by atoms with Gasteiger partial charge >= 0.3 is 0 Å². The molecule has 2 fully saturated rings. The largest absolute Gasteiger partial charge is 0.355 e. The molecule has 0 aromatic heterocycles. The number of carbonyl (C=O) groups excluding carboxylic acids is 2. The molecule has 0 bridgehead atoms. The molecule has 2 saturated heterocycles. The van der Waals surface area contributed by atoms with E-state index in [0.29, 0.717) is 19.0 Å². The van der Waals surface area contributed by atoms with Crippen LogP contribution in [0, 0.1) is 5.92 Å². The molecule has 1 aromatic carbocycles. The summed E-state index contributed by atoms with van der Waals surface area (Å²) in [6.45, 7) is 7.91. The zero-order chi connectivity index (χ0) is 19.8. The quantitative estimate of drug-likeness (QED) is 0.737. The first kappa shape index (κ1) is 20.6. The van der Waals surface area contributed by atoms with Crippen LogP contribution in [0.3, 0.4) is 0 Å². The van der Waals surface area contributed by atoms with Crippen molar-refractivity contribution in [3.8, 4) is 0 Å². The van der Waals surface area contributed by atoms with Gasteiger partial charge in [-0.1, -0.05) is 36.4 Å². The molecule has 0 radical (unpaired) electrons. The summed E-state index contributed by atoms with van der Waals surface area (Å²) in [6, 6.07) is 10.8. The van der Waals surface area contributed by atoms with Gasteiger partial charge in [0.1, 0.15) is 0 Å². The van der Waals surface area contributed by atoms with E-state index >= 15 is 0 Å². The van der Waals surface area contributed by atoms with Crippen LogP contribution < -0.4 is 5.32 Å². The van der Waals surface area contributed by atoms with Crippen molar-refractivity contribution in [3.63, 3.8) is 0 Å². The summed E-state index contributed by atoms with van der Waals surface area (Å²) in [7, 11) is 0. The minimum atomic E-state index is 0.0879. The SMILES string of the molecule is C=CCC(=O)N1CCC(N2CCC[C@@H](C(=O)NCCc3ccccc3)C2)CC1. The Bertz CT molecular complexity index is 653. The number of rotatable bonds is 7. The average molecular weight is 384 g/mol. The third kappa shape index (κ3) is 5.68. The second-order valence-corrected chi connectivity index (χ2v) is 7.97. The number of likely N-dealkylation sites (tertiary alicyclic amines) is 2. The van der Waals surface area contributed by atoms with Crippen LogP contribution >= 0.6 is 0 Å². The monoisotopic (exact) mass is 383 g/mol. The van der Waals surface area contributed by atoms with Crippen LogP contribution in [0.5, 0.6) is 0 Å². The van der Waals surface area contributed by atoms with Gasteiger partial charge in [-0.05, 0) is 44.2 Å². The minimum Gasteiger partial charge on any atom is -0.355 e. The first-order valence-corrected chi connectivity index (χ1v) is 10.6. The normalized spacial score (nSPS) is 21.3. The maximum Gasteiger partial charge on any atom is 0.226 e. The average Bonchev–Trinajstić information content (AvgIpc) is 2.75. The molecule has 5 heteroatoms. The van der Waals surface area contributed by atoms with Gasteiger partial charge < -0.3 is 10.2 Å². The number of piperidine rings is 2. The molecule has 0 aliphatic carbocycles. The Morgan fingerprint density at radius 3 is 2.57 bits per heavy atom. The first-order valence-electron chi connectivity index (χ1n) is 10.6. The molecule has 1 aromatic rings. The van der Waals surface area contributed by atoms with E-state index in [1.54, 1.807) is 6.08 Å². The van der Waals surface area contributed by atoms with Crippen LogP contribution in [0.1, 0.15) is 37.7 Å². The Kier molecular flexibility index (Phi) is 7.66. The van der Waals surface area contributed by atoms with Crippen molar-refractivity contribution >= 4 is 11.8 Å². The van der Waals surface area contributed by atoms with Crippen molar-refractivity contribution in [2.75, 3.05) is 32.7 Å². The van der Waals surface area contributed by atoms with Gasteiger partial charge in [-0.15, -0.1) is 6.58 Å². The minimum absolute atomic E-state index is 0.0879. The van der Waals surface area contributed by atoms with Crippen molar-refractivity contribution in [1.29, 1.82) is 0 Å². The third-order valence-corrected chi connectivity index (χ3v) is 6.03. The van der Waals surface area contributed by atoms with Crippen LogP contribution in [-0.4, -0.2) is 60.4 Å². The Labute approximate surface area is 168 Å². The molecule has 152 valence electrons. The standard InChI is InChI=1S/C23H33N3O2/c1-2-7-22(27)25-16-12-21(13-17-25)26-15-6-10-20(18-26)23(28)24-14-11-19-8-4-3-5-9-19/h2-5,8-9,20-21H,1,6-7,10-18H2,(H,24,28)/t20-/m1/s1. The lowest BCUT2D eigenvalue weighted by molar-refractivity contribution is -0.132. The fraction of sp³-hybridized carbons (Fsp3) is 0.565. The van der Waals surface area contributed by atoms with Crippen molar-refractivity contribution in [2.45, 2.75) is 44.6 Å². The predicted octanol–water partition coefficient (Wildman–Crippen LogP) is 2.62. The van der Waals surface area contributed by atoms with E-state index in [4.69, 9.17) is 0 Å². The van der Waals surface area contributed by atoms with Crippen molar-refractivity contribution in [2.24, 2.45) is 5.92 Å². The molecule has 0 unspecified atom stereocenters. The van der Waals surface area contributed by atoms with Crippen LogP contribution in [0.4, 0.5) is 0 Å². The topological polar surface area (TPSA) is 52.7 Å². The molecule has 1 atom stereocenters. The third-order valence-electron chi connectivity index (χ3n) is 6.03. The highest BCUT2D eigenvalue weighted by molar-refractivity contribution is 5.79. The second kappa shape index (κ2) is 10.4. The number of benzene rings is 1. The van der Waals surface area contributed by atoms with Crippen LogP contribution in [0.15, 0.2) is 43.0 Å². The smallest absolute Gasteiger partial charge is 0.226 e. The second-order valence-electron chi connectivity index (χ2n) is 7.97. The molecular formula is C23H33N3O2. The predicted molar refractivity (Wildman–Crippen MR) is 112 cm³/mol. The summed E-state index contributed by atoms with van der Waals surface area (Å²) in [5, 5.41) is 3.13. The van der Waals surface area contributed by atoms with Crippen LogP contribution in [-0.2, 0) is 16.0 Å². The number of hydrogen-bond donors (Lipinski definition) is 1. The molecule has 2 aliphatic rings. The molecule has 0 spiro atoms. The zero-order valence-electron chi connectivity index (χ0n) is 16.8. The number of hydrogen-bond acceptors (Lipinski definition) is 3. The first-order chi connectivity index (χ1) is 13.7. The lowest BCUT2D eigenvalue weighted by atomic mass is 9.93. The van der Waals surface area contributed by atoms with E-state index < -0.39 is 0 Å². The van der Waals surface area contributed by atoms with Crippen molar-refractivity contribution < 1.29 is 9.59 Å². The van der Waals surface area contributed by atoms with Gasteiger partial charge in [0, 0.05) is 38.6 Å². The van der Waals surface area contributed by atoms with E-state index in [0.717, 1.165) is 58.3 Å². The molecule has 2 heterocycles. The van der Waals surface area contributed by atoms with Gasteiger partial charge in [0.15, 0.2) is 0 Å². The Morgan fingerprint density at radius 1 is 1.11 bits per heavy atom. The van der Waals surface area contributed by atoms with Crippen LogP contribution in [0.25, 0.3) is 0 Å². The van der Waals surface area contributed by atoms with Gasteiger partial charge in [-0.3, -0.25) is 14.5 Å². The van der Waals surface area contributed by atoms with E-state index in [-0.39, 0.29) is 17.7 Å². The summed E-state index contributed by atoms with van der Waals surface area (Å²) in [5.74, 6) is 0.465. The number of nitrogens with one attached hydrogen (secondary N) is 1. The van der Waals surface area contributed by atoms with E-state index in [1.165, 1.54) is 5.56 Å². The van der Waals surface area contributed by atoms with E-state index in [9.17, 15) is 9.59 Å².